The fraction of sp³-hybridized carbons (Fsp3) is 0.614. The van der Waals surface area contributed by atoms with Crippen molar-refractivity contribution < 1.29 is 38.5 Å². The van der Waals surface area contributed by atoms with Gasteiger partial charge in [0.05, 0.1) is 52.3 Å². The SMILES string of the molecule is [C-]#[N+]COc1ccc2c(O[C@@H]3C[C@@H](C(=O)C[C@]4(C(=O)O)C[C@H]4CC)N(C(=O)[C@@H](CC(=O)OC4CC5C[C@H]5C4)C(C)(C)C)C3)cc(-c3csc(CC(C)C)n3)nc2c1Cl. The molecule has 3 saturated carbocycles. The van der Waals surface area contributed by atoms with E-state index in [0.29, 0.717) is 58.6 Å². The van der Waals surface area contributed by atoms with E-state index >= 15 is 0 Å². The zero-order chi connectivity index (χ0) is 41.7. The Labute approximate surface area is 348 Å². The average Bonchev–Trinajstić information content (AvgIpc) is 3.83. The molecule has 3 aromatic rings. The van der Waals surface area contributed by atoms with Gasteiger partial charge in [0, 0.05) is 36.1 Å². The fourth-order valence-corrected chi connectivity index (χ4v) is 10.4. The molecule has 310 valence electrons. The minimum Gasteiger partial charge on any atom is -0.488 e. The van der Waals surface area contributed by atoms with Crippen LogP contribution in [-0.2, 0) is 30.3 Å². The number of aromatic nitrogens is 2. The maximum atomic E-state index is 14.8. The van der Waals surface area contributed by atoms with E-state index in [1.165, 1.54) is 22.7 Å². The van der Waals surface area contributed by atoms with Gasteiger partial charge in [-0.15, -0.1) is 11.3 Å². The number of carboxylic acids is 1. The van der Waals surface area contributed by atoms with Gasteiger partial charge >= 0.3 is 18.7 Å². The third-order valence-electron chi connectivity index (χ3n) is 12.6. The molecule has 1 aliphatic heterocycles. The molecule has 7 rings (SSSR count). The highest BCUT2D eigenvalue weighted by molar-refractivity contribution is 7.09. The number of aliphatic carboxylic acids is 1. The van der Waals surface area contributed by atoms with Gasteiger partial charge in [-0.3, -0.25) is 24.0 Å². The second-order valence-corrected chi connectivity index (χ2v) is 19.6. The molecular formula is C44H53ClN4O8S. The van der Waals surface area contributed by atoms with Crippen LogP contribution in [0.1, 0.15) is 97.9 Å². The highest BCUT2D eigenvalue weighted by Gasteiger charge is 2.61. The zero-order valence-electron chi connectivity index (χ0n) is 34.1. The third kappa shape index (κ3) is 8.69. The first kappa shape index (κ1) is 41.9. The quantitative estimate of drug-likeness (QED) is 0.110. The van der Waals surface area contributed by atoms with Crippen LogP contribution in [0.25, 0.3) is 27.1 Å². The number of thiazole rings is 1. The molecule has 1 aromatic carbocycles. The number of amides is 1. The van der Waals surface area contributed by atoms with Crippen LogP contribution in [0.4, 0.5) is 0 Å². The number of carboxylic acid groups (broad SMARTS) is 1. The molecule has 4 aliphatic rings. The lowest BCUT2D eigenvalue weighted by molar-refractivity contribution is -0.157. The van der Waals surface area contributed by atoms with Crippen LogP contribution >= 0.6 is 22.9 Å². The van der Waals surface area contributed by atoms with Crippen LogP contribution in [0.2, 0.25) is 5.02 Å². The first-order valence-electron chi connectivity index (χ1n) is 20.5. The number of carbonyl (C=O) groups excluding carboxylic acids is 3. The number of pyridine rings is 1. The van der Waals surface area contributed by atoms with E-state index in [2.05, 4.69) is 18.7 Å². The van der Waals surface area contributed by atoms with Gasteiger partial charge in [0.25, 0.3) is 0 Å². The Hall–Kier alpha value is -4.28. The van der Waals surface area contributed by atoms with Crippen molar-refractivity contribution in [1.82, 2.24) is 14.9 Å². The second-order valence-electron chi connectivity index (χ2n) is 18.3. The molecule has 1 saturated heterocycles. The minimum absolute atomic E-state index is 0.0362. The summed E-state index contributed by atoms with van der Waals surface area (Å²) in [5.74, 6) is -0.664. The molecule has 2 aromatic heterocycles. The number of hydrogen-bond acceptors (Lipinski definition) is 10. The summed E-state index contributed by atoms with van der Waals surface area (Å²) in [5, 5.41) is 13.9. The lowest BCUT2D eigenvalue weighted by atomic mass is 9.77. The predicted molar refractivity (Wildman–Crippen MR) is 219 cm³/mol. The van der Waals surface area contributed by atoms with E-state index in [0.717, 1.165) is 24.3 Å². The number of ketones is 1. The molecule has 4 fully saturated rings. The number of nitrogens with zero attached hydrogens (tertiary/aromatic N) is 4. The van der Waals surface area contributed by atoms with Gasteiger partial charge in [-0.2, -0.15) is 0 Å². The standard InChI is InChI=1S/C44H53ClN4O8S/c1-8-26-18-44(26,42(53)54)19-34(50)33-15-28(20-49(33)41(52)30(43(4,5)6)16-38(51)57-27-13-24-12-25(24)14-27)56-36-17-31(32-21-58-37(47-32)11-23(2)3)48-40-29(36)9-10-35(39(40)45)55-22-46-7/h9-10,17,21,23-28,30,33H,8,11-16,18-20,22H2,1-6H3,(H,53,54)/t24-,25?,26+,27?,28+,30+,33-,44+/m0/s1. The molecule has 14 heteroatoms. The summed E-state index contributed by atoms with van der Waals surface area (Å²) in [6.07, 6.45) is 3.77. The molecule has 1 amide bonds. The van der Waals surface area contributed by atoms with Gasteiger partial charge in [-0.1, -0.05) is 59.6 Å². The smallest absolute Gasteiger partial charge is 0.357 e. The number of halogens is 1. The maximum absolute atomic E-state index is 14.8. The lowest BCUT2D eigenvalue weighted by Gasteiger charge is -2.35. The molecule has 0 radical (unpaired) electrons. The molecule has 12 nitrogen and oxygen atoms in total. The van der Waals surface area contributed by atoms with Gasteiger partial charge < -0.3 is 24.2 Å². The zero-order valence-corrected chi connectivity index (χ0v) is 35.7. The molecular weight excluding hydrogens is 780 g/mol. The fourth-order valence-electron chi connectivity index (χ4n) is 9.15. The van der Waals surface area contributed by atoms with Crippen LogP contribution < -0.4 is 9.47 Å². The Kier molecular flexibility index (Phi) is 11.8. The van der Waals surface area contributed by atoms with E-state index in [-0.39, 0.29) is 67.0 Å². The van der Waals surface area contributed by atoms with Crippen molar-refractivity contribution in [3.8, 4) is 22.9 Å². The first-order valence-corrected chi connectivity index (χ1v) is 21.7. The van der Waals surface area contributed by atoms with Crippen molar-refractivity contribution in [3.05, 3.63) is 45.0 Å². The van der Waals surface area contributed by atoms with E-state index in [9.17, 15) is 24.3 Å². The molecule has 1 N–H and O–H groups in total. The highest BCUT2D eigenvalue weighted by atomic mass is 35.5. The molecule has 3 aliphatic carbocycles. The first-order chi connectivity index (χ1) is 27.5. The third-order valence-corrected chi connectivity index (χ3v) is 13.8. The largest absolute Gasteiger partial charge is 0.488 e. The molecule has 0 spiro atoms. The summed E-state index contributed by atoms with van der Waals surface area (Å²) in [5.41, 5.74) is -0.298. The molecule has 8 atom stereocenters. The molecule has 3 heterocycles. The van der Waals surface area contributed by atoms with Gasteiger partial charge in [-0.05, 0) is 66.9 Å². The Balaban J connectivity index is 1.21. The Morgan fingerprint density at radius 2 is 1.81 bits per heavy atom. The predicted octanol–water partition coefficient (Wildman–Crippen LogP) is 8.67. The number of rotatable bonds is 16. The van der Waals surface area contributed by atoms with E-state index in [1.54, 1.807) is 18.2 Å². The van der Waals surface area contributed by atoms with Crippen LogP contribution in [-0.4, -0.2) is 75.1 Å². The van der Waals surface area contributed by atoms with Crippen LogP contribution in [0, 0.1) is 47.0 Å². The number of hydrogen-bond donors (Lipinski definition) is 1. The lowest BCUT2D eigenvalue weighted by Crippen LogP contribution is -2.48. The number of ether oxygens (including phenoxy) is 3. The van der Waals surface area contributed by atoms with Crippen molar-refractivity contribution in [3.63, 3.8) is 0 Å². The van der Waals surface area contributed by atoms with Gasteiger partial charge in [0.1, 0.15) is 28.7 Å². The normalized spacial score (nSPS) is 26.6. The summed E-state index contributed by atoms with van der Waals surface area (Å²) in [6.45, 7) is 18.9. The summed E-state index contributed by atoms with van der Waals surface area (Å²) in [7, 11) is 0. The number of carbonyl (C=O) groups is 4. The second kappa shape index (κ2) is 16.4. The van der Waals surface area contributed by atoms with Crippen LogP contribution in [0.15, 0.2) is 23.6 Å². The van der Waals surface area contributed by atoms with E-state index < -0.39 is 40.8 Å². The summed E-state index contributed by atoms with van der Waals surface area (Å²) >= 11 is 8.42. The number of benzene rings is 1. The van der Waals surface area contributed by atoms with Crippen LogP contribution in [0.3, 0.4) is 0 Å². The average molecular weight is 833 g/mol. The minimum atomic E-state index is -1.16. The monoisotopic (exact) mass is 832 g/mol. The van der Waals surface area contributed by atoms with E-state index in [1.807, 2.05) is 33.1 Å². The Bertz CT molecular complexity index is 2130. The topological polar surface area (TPSA) is 150 Å². The van der Waals surface area contributed by atoms with Crippen LogP contribution in [0.5, 0.6) is 11.5 Å². The maximum Gasteiger partial charge on any atom is 0.357 e. The Morgan fingerprint density at radius 3 is 2.45 bits per heavy atom. The summed E-state index contributed by atoms with van der Waals surface area (Å²) in [4.78, 5) is 69.6. The van der Waals surface area contributed by atoms with Crippen molar-refractivity contribution >= 4 is 57.5 Å². The van der Waals surface area contributed by atoms with Crippen molar-refractivity contribution in [1.29, 1.82) is 0 Å². The van der Waals surface area contributed by atoms with Crippen molar-refractivity contribution in [2.75, 3.05) is 13.3 Å². The van der Waals surface area contributed by atoms with Gasteiger partial charge in [0.15, 0.2) is 5.78 Å². The molecule has 58 heavy (non-hydrogen) atoms. The molecule has 2 unspecified atom stereocenters. The van der Waals surface area contributed by atoms with Gasteiger partial charge in [0.2, 0.25) is 5.91 Å². The van der Waals surface area contributed by atoms with E-state index in [4.69, 9.17) is 42.4 Å². The number of Topliss-reactive ketones (excluding diaryl/α,β-unsaturated/α-hetero) is 1. The number of fused-ring (bicyclic) bond motifs is 2. The van der Waals surface area contributed by atoms with Crippen molar-refractivity contribution in [2.45, 2.75) is 118 Å². The number of esters is 1. The van der Waals surface area contributed by atoms with Gasteiger partial charge in [-0.25, -0.2) is 16.5 Å². The summed E-state index contributed by atoms with van der Waals surface area (Å²) in [6, 6.07) is 4.22. The number of likely N-dealkylation sites (tertiary alicyclic amines) is 1. The van der Waals surface area contributed by atoms with Crippen molar-refractivity contribution in [2.24, 2.45) is 40.4 Å². The Morgan fingerprint density at radius 1 is 1.07 bits per heavy atom. The highest BCUT2D eigenvalue weighted by Crippen LogP contribution is 2.58. The molecule has 0 bridgehead atoms. The summed E-state index contributed by atoms with van der Waals surface area (Å²) < 4.78 is 18.3.